The van der Waals surface area contributed by atoms with Gasteiger partial charge in [0.2, 0.25) is 0 Å². The van der Waals surface area contributed by atoms with E-state index in [0.717, 1.165) is 5.56 Å². The van der Waals surface area contributed by atoms with Gasteiger partial charge in [-0.05, 0) is 48.9 Å². The molecule has 0 fully saturated rings. The van der Waals surface area contributed by atoms with Gasteiger partial charge in [-0.1, -0.05) is 48.5 Å². The van der Waals surface area contributed by atoms with E-state index in [1.807, 2.05) is 55.5 Å². The Hall–Kier alpha value is -3.60. The number of likely N-dealkylation sites (N-methyl/N-ethyl adjacent to an activating group) is 1. The second-order valence-corrected chi connectivity index (χ2v) is 6.14. The highest BCUT2D eigenvalue weighted by Gasteiger charge is 2.22. The highest BCUT2D eigenvalue weighted by atomic mass is 16.5. The summed E-state index contributed by atoms with van der Waals surface area (Å²) in [4.78, 5) is 26.3. The van der Waals surface area contributed by atoms with E-state index in [9.17, 15) is 9.59 Å². The van der Waals surface area contributed by atoms with Gasteiger partial charge in [0, 0.05) is 17.9 Å². The lowest BCUT2D eigenvalue weighted by atomic mass is 10.2. The minimum Gasteiger partial charge on any atom is -0.489 e. The number of carbonyl (C=O) groups is 2. The molecule has 3 aromatic carbocycles. The van der Waals surface area contributed by atoms with Crippen molar-refractivity contribution in [1.29, 1.82) is 0 Å². The molecule has 5 heteroatoms. The van der Waals surface area contributed by atoms with E-state index in [0.29, 0.717) is 30.3 Å². The van der Waals surface area contributed by atoms with Crippen LogP contribution in [0.3, 0.4) is 0 Å². The first-order chi connectivity index (χ1) is 13.7. The summed E-state index contributed by atoms with van der Waals surface area (Å²) in [5.74, 6) is -0.589. The highest BCUT2D eigenvalue weighted by Crippen LogP contribution is 2.18. The molecule has 142 valence electrons. The van der Waals surface area contributed by atoms with Gasteiger partial charge < -0.3 is 15.0 Å². The number of carbonyl (C=O) groups excluding carboxylic acids is 2. The molecule has 0 aliphatic heterocycles. The SMILES string of the molecule is CCN(C(=O)C(=O)Nc1ccc(OCc2ccccc2)cc1)c1ccccc1. The fraction of sp³-hybridized carbons (Fsp3) is 0.130. The molecule has 0 aromatic heterocycles. The lowest BCUT2D eigenvalue weighted by Crippen LogP contribution is -2.39. The lowest BCUT2D eigenvalue weighted by Gasteiger charge is -2.20. The fourth-order valence-electron chi connectivity index (χ4n) is 2.73. The zero-order valence-electron chi connectivity index (χ0n) is 15.7. The van der Waals surface area contributed by atoms with Gasteiger partial charge in [-0.25, -0.2) is 0 Å². The molecule has 0 saturated heterocycles. The molecule has 3 rings (SSSR count). The number of amides is 2. The average Bonchev–Trinajstić information content (AvgIpc) is 2.75. The van der Waals surface area contributed by atoms with E-state index in [-0.39, 0.29) is 0 Å². The minimum atomic E-state index is -0.677. The Morgan fingerprint density at radius 3 is 2.07 bits per heavy atom. The Kier molecular flexibility index (Phi) is 6.41. The van der Waals surface area contributed by atoms with Crippen LogP contribution in [-0.2, 0) is 16.2 Å². The van der Waals surface area contributed by atoms with Crippen LogP contribution in [0.5, 0.6) is 5.75 Å². The first-order valence-electron chi connectivity index (χ1n) is 9.12. The lowest BCUT2D eigenvalue weighted by molar-refractivity contribution is -0.134. The molecule has 5 nitrogen and oxygen atoms in total. The van der Waals surface area contributed by atoms with Gasteiger partial charge in [-0.3, -0.25) is 9.59 Å². The van der Waals surface area contributed by atoms with Crippen LogP contribution in [-0.4, -0.2) is 18.4 Å². The van der Waals surface area contributed by atoms with E-state index in [2.05, 4.69) is 5.32 Å². The van der Waals surface area contributed by atoms with Crippen LogP contribution in [0.4, 0.5) is 11.4 Å². The van der Waals surface area contributed by atoms with E-state index >= 15 is 0 Å². The van der Waals surface area contributed by atoms with Gasteiger partial charge in [-0.2, -0.15) is 0 Å². The van der Waals surface area contributed by atoms with Crippen molar-refractivity contribution in [1.82, 2.24) is 0 Å². The van der Waals surface area contributed by atoms with Crippen LogP contribution in [0.15, 0.2) is 84.9 Å². The van der Waals surface area contributed by atoms with Crippen molar-refractivity contribution < 1.29 is 14.3 Å². The summed E-state index contributed by atoms with van der Waals surface area (Å²) in [5.41, 5.74) is 2.30. The summed E-state index contributed by atoms with van der Waals surface area (Å²) in [6.07, 6.45) is 0. The Labute approximate surface area is 164 Å². The Morgan fingerprint density at radius 2 is 1.46 bits per heavy atom. The number of anilines is 2. The molecule has 0 atom stereocenters. The number of rotatable bonds is 6. The zero-order chi connectivity index (χ0) is 19.8. The van der Waals surface area contributed by atoms with Gasteiger partial charge in [0.1, 0.15) is 12.4 Å². The maximum atomic E-state index is 12.5. The third-order valence-corrected chi connectivity index (χ3v) is 4.18. The molecule has 0 radical (unpaired) electrons. The molecule has 0 bridgehead atoms. The second-order valence-electron chi connectivity index (χ2n) is 6.14. The largest absolute Gasteiger partial charge is 0.489 e. The predicted octanol–water partition coefficient (Wildman–Crippen LogP) is 4.26. The predicted molar refractivity (Wildman–Crippen MR) is 110 cm³/mol. The molecule has 0 aliphatic carbocycles. The summed E-state index contributed by atoms with van der Waals surface area (Å²) < 4.78 is 5.73. The Morgan fingerprint density at radius 1 is 0.857 bits per heavy atom. The molecule has 3 aromatic rings. The van der Waals surface area contributed by atoms with Gasteiger partial charge in [-0.15, -0.1) is 0 Å². The van der Waals surface area contributed by atoms with Crippen LogP contribution in [0.2, 0.25) is 0 Å². The first-order valence-corrected chi connectivity index (χ1v) is 9.12. The summed E-state index contributed by atoms with van der Waals surface area (Å²) in [6, 6.07) is 25.9. The smallest absolute Gasteiger partial charge is 0.316 e. The van der Waals surface area contributed by atoms with E-state index < -0.39 is 11.8 Å². The van der Waals surface area contributed by atoms with Gasteiger partial charge in [0.05, 0.1) is 0 Å². The number of hydrogen-bond acceptors (Lipinski definition) is 3. The molecule has 0 spiro atoms. The third kappa shape index (κ3) is 4.98. The van der Waals surface area contributed by atoms with Gasteiger partial charge in [0.15, 0.2) is 0 Å². The third-order valence-electron chi connectivity index (χ3n) is 4.18. The van der Waals surface area contributed by atoms with E-state index in [4.69, 9.17) is 4.74 Å². The number of para-hydroxylation sites is 1. The number of hydrogen-bond donors (Lipinski definition) is 1. The summed E-state index contributed by atoms with van der Waals surface area (Å²) >= 11 is 0. The Bertz CT molecular complexity index is 910. The number of ether oxygens (including phenoxy) is 1. The van der Waals surface area contributed by atoms with Crippen molar-refractivity contribution in [3.8, 4) is 5.75 Å². The van der Waals surface area contributed by atoms with Crippen molar-refractivity contribution >= 4 is 23.2 Å². The molecule has 1 N–H and O–H groups in total. The molecular formula is C23H22N2O3. The molecule has 0 saturated carbocycles. The van der Waals surface area contributed by atoms with Crippen LogP contribution in [0.25, 0.3) is 0 Å². The number of benzene rings is 3. The van der Waals surface area contributed by atoms with Crippen molar-refractivity contribution in [3.05, 3.63) is 90.5 Å². The van der Waals surface area contributed by atoms with Crippen molar-refractivity contribution in [2.45, 2.75) is 13.5 Å². The van der Waals surface area contributed by atoms with Crippen LogP contribution < -0.4 is 15.0 Å². The average molecular weight is 374 g/mol. The molecule has 28 heavy (non-hydrogen) atoms. The normalized spacial score (nSPS) is 10.2. The van der Waals surface area contributed by atoms with Crippen LogP contribution >= 0.6 is 0 Å². The minimum absolute atomic E-state index is 0.405. The molecular weight excluding hydrogens is 352 g/mol. The topological polar surface area (TPSA) is 58.6 Å². The van der Waals surface area contributed by atoms with Crippen molar-refractivity contribution in [3.63, 3.8) is 0 Å². The zero-order valence-corrected chi connectivity index (χ0v) is 15.7. The Balaban J connectivity index is 1.58. The molecule has 0 aliphatic rings. The second kappa shape index (κ2) is 9.37. The summed E-state index contributed by atoms with van der Waals surface area (Å²) in [7, 11) is 0. The first kappa shape index (κ1) is 19.2. The van der Waals surface area contributed by atoms with E-state index in [1.165, 1.54) is 4.90 Å². The van der Waals surface area contributed by atoms with Crippen LogP contribution in [0.1, 0.15) is 12.5 Å². The fourth-order valence-corrected chi connectivity index (χ4v) is 2.73. The highest BCUT2D eigenvalue weighted by molar-refractivity contribution is 6.44. The quantitative estimate of drug-likeness (QED) is 0.656. The number of nitrogens with zero attached hydrogens (tertiary/aromatic N) is 1. The monoisotopic (exact) mass is 374 g/mol. The standard InChI is InChI=1S/C23H22N2O3/c1-2-25(20-11-7-4-8-12-20)23(27)22(26)24-19-13-15-21(16-14-19)28-17-18-9-5-3-6-10-18/h3-16H,2,17H2,1H3,(H,24,26). The van der Waals surface area contributed by atoms with E-state index in [1.54, 1.807) is 36.4 Å². The molecule has 2 amide bonds. The summed E-state index contributed by atoms with van der Waals surface area (Å²) in [5, 5.41) is 2.64. The van der Waals surface area contributed by atoms with Crippen molar-refractivity contribution in [2.75, 3.05) is 16.8 Å². The maximum Gasteiger partial charge on any atom is 0.316 e. The van der Waals surface area contributed by atoms with Gasteiger partial charge in [0.25, 0.3) is 0 Å². The maximum absolute atomic E-state index is 12.5. The van der Waals surface area contributed by atoms with Gasteiger partial charge >= 0.3 is 11.8 Å². The van der Waals surface area contributed by atoms with Crippen LogP contribution in [0, 0.1) is 0 Å². The number of nitrogens with one attached hydrogen (secondary N) is 1. The summed E-state index contributed by atoms with van der Waals surface area (Å²) in [6.45, 7) is 2.70. The van der Waals surface area contributed by atoms with Crippen molar-refractivity contribution in [2.24, 2.45) is 0 Å². The molecule has 0 heterocycles. The molecule has 0 unspecified atom stereocenters.